The van der Waals surface area contributed by atoms with Crippen LogP contribution in [0.3, 0.4) is 0 Å². The molecule has 0 aliphatic heterocycles. The molecule has 0 spiro atoms. The normalized spacial score (nSPS) is 10.7. The molecule has 23 heavy (non-hydrogen) atoms. The van der Waals surface area contributed by atoms with Gasteiger partial charge < -0.3 is 15.5 Å². The third-order valence-corrected chi connectivity index (χ3v) is 4.06. The minimum Gasteiger partial charge on any atom is -0.408 e. The van der Waals surface area contributed by atoms with Crippen LogP contribution < -0.4 is 11.1 Å². The molecular formula is C15H13FN4O2S. The smallest absolute Gasteiger partial charge is 0.315 e. The standard InChI is InChI=1S/C15H13FN4O2S/c16-12-4-2-1-3-9(12)6-13-19-20-15(22-13)18-7-11-5-10(8-23-11)14(17)21/h1-5,8H,6-7H2,(H2,17,21)(H,18,20). The molecule has 8 heteroatoms. The number of hydrogen-bond acceptors (Lipinski definition) is 6. The van der Waals surface area contributed by atoms with Crippen molar-refractivity contribution in [3.63, 3.8) is 0 Å². The number of thiophene rings is 1. The molecule has 0 aliphatic rings. The number of hydrogen-bond donors (Lipinski definition) is 2. The van der Waals surface area contributed by atoms with Crippen molar-refractivity contribution in [1.29, 1.82) is 0 Å². The summed E-state index contributed by atoms with van der Waals surface area (Å²) in [4.78, 5) is 11.9. The van der Waals surface area contributed by atoms with Gasteiger partial charge in [-0.1, -0.05) is 23.3 Å². The maximum Gasteiger partial charge on any atom is 0.315 e. The fraction of sp³-hybridized carbons (Fsp3) is 0.133. The highest BCUT2D eigenvalue weighted by Crippen LogP contribution is 2.17. The topological polar surface area (TPSA) is 94.0 Å². The number of nitrogens with one attached hydrogen (secondary N) is 1. The minimum atomic E-state index is -0.461. The summed E-state index contributed by atoms with van der Waals surface area (Å²) in [5.74, 6) is -0.447. The molecule has 0 saturated heterocycles. The first-order valence-corrected chi connectivity index (χ1v) is 7.66. The zero-order chi connectivity index (χ0) is 16.2. The number of nitrogens with zero attached hydrogens (tertiary/aromatic N) is 2. The van der Waals surface area contributed by atoms with Crippen molar-refractivity contribution in [1.82, 2.24) is 10.2 Å². The number of rotatable bonds is 6. The fourth-order valence-electron chi connectivity index (χ4n) is 1.97. The number of primary amides is 1. The Morgan fingerprint density at radius 3 is 2.91 bits per heavy atom. The number of benzene rings is 1. The van der Waals surface area contributed by atoms with E-state index in [0.29, 0.717) is 23.6 Å². The lowest BCUT2D eigenvalue weighted by Gasteiger charge is -1.99. The summed E-state index contributed by atoms with van der Waals surface area (Å²) in [6.07, 6.45) is 0.228. The third-order valence-electron chi connectivity index (χ3n) is 3.12. The summed E-state index contributed by atoms with van der Waals surface area (Å²) in [7, 11) is 0. The first-order valence-electron chi connectivity index (χ1n) is 6.78. The molecule has 1 amide bonds. The summed E-state index contributed by atoms with van der Waals surface area (Å²) >= 11 is 1.41. The van der Waals surface area contributed by atoms with Crippen molar-refractivity contribution in [3.05, 3.63) is 63.4 Å². The molecule has 3 rings (SSSR count). The van der Waals surface area contributed by atoms with Crippen LogP contribution in [-0.2, 0) is 13.0 Å². The van der Waals surface area contributed by atoms with Crippen LogP contribution in [-0.4, -0.2) is 16.1 Å². The van der Waals surface area contributed by atoms with E-state index in [1.807, 2.05) is 0 Å². The van der Waals surface area contributed by atoms with Gasteiger partial charge >= 0.3 is 6.01 Å². The van der Waals surface area contributed by atoms with Crippen LogP contribution in [0.25, 0.3) is 0 Å². The first-order chi connectivity index (χ1) is 11.1. The van der Waals surface area contributed by atoms with Crippen molar-refractivity contribution >= 4 is 23.3 Å². The number of carbonyl (C=O) groups excluding carboxylic acids is 1. The van der Waals surface area contributed by atoms with Crippen LogP contribution in [0.4, 0.5) is 10.4 Å². The van der Waals surface area contributed by atoms with Gasteiger partial charge in [0.15, 0.2) is 0 Å². The molecule has 0 bridgehead atoms. The second kappa shape index (κ2) is 6.57. The first kappa shape index (κ1) is 15.2. The van der Waals surface area contributed by atoms with Crippen LogP contribution in [0.5, 0.6) is 0 Å². The van der Waals surface area contributed by atoms with E-state index in [-0.39, 0.29) is 18.3 Å². The Kier molecular flexibility index (Phi) is 4.33. The van der Waals surface area contributed by atoms with E-state index >= 15 is 0 Å². The number of anilines is 1. The van der Waals surface area contributed by atoms with Gasteiger partial charge in [0.25, 0.3) is 0 Å². The van der Waals surface area contributed by atoms with E-state index in [2.05, 4.69) is 15.5 Å². The van der Waals surface area contributed by atoms with Crippen LogP contribution in [0.1, 0.15) is 26.7 Å². The maximum atomic E-state index is 13.6. The summed E-state index contributed by atoms with van der Waals surface area (Å²) in [5, 5.41) is 12.4. The Morgan fingerprint density at radius 2 is 2.17 bits per heavy atom. The van der Waals surface area contributed by atoms with Crippen molar-refractivity contribution in [2.75, 3.05) is 5.32 Å². The Hall–Kier alpha value is -2.74. The molecule has 0 unspecified atom stereocenters. The summed E-state index contributed by atoms with van der Waals surface area (Å²) in [6.45, 7) is 0.430. The predicted molar refractivity (Wildman–Crippen MR) is 83.7 cm³/mol. The minimum absolute atomic E-state index is 0.228. The van der Waals surface area contributed by atoms with E-state index in [0.717, 1.165) is 4.88 Å². The zero-order valence-electron chi connectivity index (χ0n) is 12.0. The van der Waals surface area contributed by atoms with Gasteiger partial charge in [0, 0.05) is 10.3 Å². The van der Waals surface area contributed by atoms with E-state index in [4.69, 9.17) is 10.2 Å². The van der Waals surface area contributed by atoms with Gasteiger partial charge in [-0.05, 0) is 17.7 Å². The largest absolute Gasteiger partial charge is 0.408 e. The van der Waals surface area contributed by atoms with Gasteiger partial charge in [0.1, 0.15) is 5.82 Å². The Balaban J connectivity index is 1.61. The average molecular weight is 332 g/mol. The molecular weight excluding hydrogens is 319 g/mol. The van der Waals surface area contributed by atoms with E-state index in [1.54, 1.807) is 29.6 Å². The summed E-state index contributed by atoms with van der Waals surface area (Å²) < 4.78 is 19.0. The fourth-order valence-corrected chi connectivity index (χ4v) is 2.78. The molecule has 0 atom stereocenters. The number of nitrogens with two attached hydrogens (primary N) is 1. The molecule has 0 aliphatic carbocycles. The van der Waals surface area contributed by atoms with Crippen LogP contribution in [0.15, 0.2) is 40.1 Å². The van der Waals surface area contributed by atoms with Gasteiger partial charge in [0.05, 0.1) is 18.5 Å². The number of carbonyl (C=O) groups is 1. The molecule has 3 N–H and O–H groups in total. The van der Waals surface area contributed by atoms with E-state index in [1.165, 1.54) is 17.4 Å². The van der Waals surface area contributed by atoms with Gasteiger partial charge in [-0.3, -0.25) is 4.79 Å². The van der Waals surface area contributed by atoms with Crippen molar-refractivity contribution in [2.45, 2.75) is 13.0 Å². The average Bonchev–Trinajstić information content (AvgIpc) is 3.17. The molecule has 0 radical (unpaired) electrons. The van der Waals surface area contributed by atoms with Gasteiger partial charge in [0.2, 0.25) is 11.8 Å². The van der Waals surface area contributed by atoms with Crippen molar-refractivity contribution in [3.8, 4) is 0 Å². The summed E-state index contributed by atoms with van der Waals surface area (Å²) in [6, 6.07) is 8.38. The summed E-state index contributed by atoms with van der Waals surface area (Å²) in [5.41, 5.74) is 6.16. The number of halogens is 1. The van der Waals surface area contributed by atoms with E-state index < -0.39 is 5.91 Å². The van der Waals surface area contributed by atoms with Gasteiger partial charge in [-0.2, -0.15) is 0 Å². The van der Waals surface area contributed by atoms with E-state index in [9.17, 15) is 9.18 Å². The molecule has 0 fully saturated rings. The second-order valence-electron chi connectivity index (χ2n) is 4.79. The predicted octanol–water partition coefficient (Wildman–Crippen LogP) is 2.57. The van der Waals surface area contributed by atoms with Crippen LogP contribution in [0.2, 0.25) is 0 Å². The molecule has 3 aromatic rings. The molecule has 0 saturated carbocycles. The lowest BCUT2D eigenvalue weighted by atomic mass is 10.1. The molecule has 118 valence electrons. The quantitative estimate of drug-likeness (QED) is 0.723. The lowest BCUT2D eigenvalue weighted by Crippen LogP contribution is -2.09. The number of aromatic nitrogens is 2. The highest BCUT2D eigenvalue weighted by atomic mass is 32.1. The third kappa shape index (κ3) is 3.72. The van der Waals surface area contributed by atoms with Crippen molar-refractivity contribution in [2.24, 2.45) is 5.73 Å². The Bertz CT molecular complexity index is 830. The van der Waals surface area contributed by atoms with Gasteiger partial charge in [-0.15, -0.1) is 16.4 Å². The second-order valence-corrected chi connectivity index (χ2v) is 5.78. The number of amides is 1. The highest BCUT2D eigenvalue weighted by Gasteiger charge is 2.10. The molecule has 1 aromatic carbocycles. The highest BCUT2D eigenvalue weighted by molar-refractivity contribution is 7.10. The Labute approximate surface area is 135 Å². The van der Waals surface area contributed by atoms with Crippen LogP contribution >= 0.6 is 11.3 Å². The molecule has 2 heterocycles. The molecule has 6 nitrogen and oxygen atoms in total. The molecule has 2 aromatic heterocycles. The zero-order valence-corrected chi connectivity index (χ0v) is 12.8. The monoisotopic (exact) mass is 332 g/mol. The van der Waals surface area contributed by atoms with Crippen LogP contribution in [0, 0.1) is 5.82 Å². The SMILES string of the molecule is NC(=O)c1csc(CNc2nnc(Cc3ccccc3F)o2)c1. The lowest BCUT2D eigenvalue weighted by molar-refractivity contribution is 0.100. The van der Waals surface area contributed by atoms with Gasteiger partial charge in [-0.25, -0.2) is 4.39 Å². The maximum absolute atomic E-state index is 13.6. The Morgan fingerprint density at radius 1 is 1.35 bits per heavy atom. The van der Waals surface area contributed by atoms with Crippen molar-refractivity contribution < 1.29 is 13.6 Å².